The predicted octanol–water partition coefficient (Wildman–Crippen LogP) is 2.67. The molecule has 0 fully saturated rings. The van der Waals surface area contributed by atoms with Crippen molar-refractivity contribution in [2.75, 3.05) is 27.9 Å². The summed E-state index contributed by atoms with van der Waals surface area (Å²) in [6.45, 7) is 0.0729. The molecule has 3 rings (SSSR count). The number of ether oxygens (including phenoxy) is 3. The van der Waals surface area contributed by atoms with E-state index in [1.807, 2.05) is 42.1 Å². The quantitative estimate of drug-likeness (QED) is 0.655. The highest BCUT2D eigenvalue weighted by molar-refractivity contribution is 5.95. The van der Waals surface area contributed by atoms with E-state index in [9.17, 15) is 9.90 Å². The van der Waals surface area contributed by atoms with Crippen molar-refractivity contribution in [2.45, 2.75) is 6.10 Å². The van der Waals surface area contributed by atoms with Gasteiger partial charge in [0.05, 0.1) is 27.4 Å². The number of nitrogens with zero attached hydrogens (tertiary/aromatic N) is 1. The number of hydrogen-bond donors (Lipinski definition) is 2. The molecule has 3 aromatic rings. The fourth-order valence-corrected chi connectivity index (χ4v) is 3.25. The van der Waals surface area contributed by atoms with Gasteiger partial charge in [-0.05, 0) is 18.2 Å². The molecule has 0 saturated carbocycles. The zero-order valence-corrected chi connectivity index (χ0v) is 16.4. The Kier molecular flexibility index (Phi) is 5.75. The highest BCUT2D eigenvalue weighted by Crippen LogP contribution is 2.38. The standard InChI is InChI=1S/C21H24N2O5/c1-23-12-15(14-7-5-6-8-16(14)23)17(24)11-22-21(25)13-9-18(26-2)20(28-4)19(10-13)27-3/h5-10,12,17,24H,11H2,1-4H3,(H,22,25). The van der Waals surface area contributed by atoms with Crippen LogP contribution >= 0.6 is 0 Å². The maximum atomic E-state index is 12.6. The van der Waals surface area contributed by atoms with Gasteiger partial charge in [0.25, 0.3) is 5.91 Å². The van der Waals surface area contributed by atoms with E-state index in [1.54, 1.807) is 12.1 Å². The SMILES string of the molecule is COc1cc(C(=O)NCC(O)c2cn(C)c3ccccc23)cc(OC)c1OC. The van der Waals surface area contributed by atoms with E-state index in [1.165, 1.54) is 21.3 Å². The summed E-state index contributed by atoms with van der Waals surface area (Å²) in [4.78, 5) is 12.6. The van der Waals surface area contributed by atoms with Crippen molar-refractivity contribution in [3.05, 3.63) is 53.7 Å². The zero-order valence-electron chi connectivity index (χ0n) is 16.4. The number of carbonyl (C=O) groups is 1. The first-order valence-corrected chi connectivity index (χ1v) is 8.80. The molecule has 0 bridgehead atoms. The smallest absolute Gasteiger partial charge is 0.251 e. The van der Waals surface area contributed by atoms with Crippen LogP contribution in [0.15, 0.2) is 42.6 Å². The summed E-state index contributed by atoms with van der Waals surface area (Å²) in [5.74, 6) is 0.846. The lowest BCUT2D eigenvalue weighted by molar-refractivity contribution is 0.0916. The van der Waals surface area contributed by atoms with E-state index in [2.05, 4.69) is 5.32 Å². The van der Waals surface area contributed by atoms with E-state index >= 15 is 0 Å². The first-order valence-electron chi connectivity index (χ1n) is 8.80. The molecule has 2 aromatic carbocycles. The summed E-state index contributed by atoms with van der Waals surface area (Å²) >= 11 is 0. The molecule has 28 heavy (non-hydrogen) atoms. The van der Waals surface area contributed by atoms with Crippen LogP contribution in [-0.4, -0.2) is 43.5 Å². The first-order chi connectivity index (χ1) is 13.5. The molecule has 0 radical (unpaired) electrons. The molecule has 1 aromatic heterocycles. The zero-order chi connectivity index (χ0) is 20.3. The van der Waals surface area contributed by atoms with Gasteiger partial charge in [0.15, 0.2) is 11.5 Å². The summed E-state index contributed by atoms with van der Waals surface area (Å²) in [6.07, 6.45) is 1.04. The third kappa shape index (κ3) is 3.61. The number of rotatable bonds is 7. The van der Waals surface area contributed by atoms with Crippen molar-refractivity contribution in [1.82, 2.24) is 9.88 Å². The van der Waals surface area contributed by atoms with E-state index in [0.29, 0.717) is 22.8 Å². The number of aryl methyl sites for hydroxylation is 1. The van der Waals surface area contributed by atoms with Gasteiger partial charge in [-0.2, -0.15) is 0 Å². The van der Waals surface area contributed by atoms with Crippen molar-refractivity contribution in [3.8, 4) is 17.2 Å². The molecule has 1 heterocycles. The van der Waals surface area contributed by atoms with E-state index in [4.69, 9.17) is 14.2 Å². The Labute approximate surface area is 163 Å². The number of fused-ring (bicyclic) bond motifs is 1. The second-order valence-corrected chi connectivity index (χ2v) is 6.35. The number of nitrogens with one attached hydrogen (secondary N) is 1. The number of hydrogen-bond acceptors (Lipinski definition) is 5. The molecule has 0 aliphatic carbocycles. The first kappa shape index (κ1) is 19.6. The maximum Gasteiger partial charge on any atom is 0.251 e. The maximum absolute atomic E-state index is 12.6. The van der Waals surface area contributed by atoms with Crippen LogP contribution in [0.25, 0.3) is 10.9 Å². The summed E-state index contributed by atoms with van der Waals surface area (Å²) in [7, 11) is 6.40. The number of methoxy groups -OCH3 is 3. The second kappa shape index (κ2) is 8.22. The third-order valence-corrected chi connectivity index (χ3v) is 4.67. The van der Waals surface area contributed by atoms with Crippen LogP contribution < -0.4 is 19.5 Å². The number of para-hydroxylation sites is 1. The van der Waals surface area contributed by atoms with Gasteiger partial charge in [-0.15, -0.1) is 0 Å². The minimum absolute atomic E-state index is 0.0729. The van der Waals surface area contributed by atoms with Crippen LogP contribution in [0, 0.1) is 0 Å². The average molecular weight is 384 g/mol. The molecule has 7 heteroatoms. The van der Waals surface area contributed by atoms with Crippen LogP contribution in [0.2, 0.25) is 0 Å². The number of amides is 1. The van der Waals surface area contributed by atoms with E-state index in [0.717, 1.165) is 16.5 Å². The van der Waals surface area contributed by atoms with Crippen molar-refractivity contribution >= 4 is 16.8 Å². The van der Waals surface area contributed by atoms with Gasteiger partial charge >= 0.3 is 0 Å². The lowest BCUT2D eigenvalue weighted by atomic mass is 10.1. The number of aliphatic hydroxyl groups excluding tert-OH is 1. The Morgan fingerprint density at radius 1 is 1.11 bits per heavy atom. The Hall–Kier alpha value is -3.19. The van der Waals surface area contributed by atoms with Crippen molar-refractivity contribution in [1.29, 1.82) is 0 Å². The number of aromatic nitrogens is 1. The summed E-state index contributed by atoms with van der Waals surface area (Å²) < 4.78 is 17.8. The fourth-order valence-electron chi connectivity index (χ4n) is 3.25. The topological polar surface area (TPSA) is 82.0 Å². The van der Waals surface area contributed by atoms with Gasteiger partial charge in [0.2, 0.25) is 5.75 Å². The molecule has 1 unspecified atom stereocenters. The number of benzene rings is 2. The second-order valence-electron chi connectivity index (χ2n) is 6.35. The van der Waals surface area contributed by atoms with Gasteiger partial charge in [-0.25, -0.2) is 0 Å². The van der Waals surface area contributed by atoms with Gasteiger partial charge < -0.3 is 29.2 Å². The highest BCUT2D eigenvalue weighted by atomic mass is 16.5. The molecule has 7 nitrogen and oxygen atoms in total. The minimum atomic E-state index is -0.836. The molecule has 2 N–H and O–H groups in total. The lowest BCUT2D eigenvalue weighted by Crippen LogP contribution is -2.28. The largest absolute Gasteiger partial charge is 0.493 e. The molecule has 0 aliphatic heterocycles. The predicted molar refractivity (Wildman–Crippen MR) is 106 cm³/mol. The Morgan fingerprint density at radius 3 is 2.36 bits per heavy atom. The van der Waals surface area contributed by atoms with Crippen LogP contribution in [0.5, 0.6) is 17.2 Å². The highest BCUT2D eigenvalue weighted by Gasteiger charge is 2.19. The number of carbonyl (C=O) groups excluding carboxylic acids is 1. The van der Waals surface area contributed by atoms with Crippen molar-refractivity contribution < 1.29 is 24.1 Å². The van der Waals surface area contributed by atoms with Gasteiger partial charge in [-0.3, -0.25) is 4.79 Å². The molecule has 0 aliphatic rings. The summed E-state index contributed by atoms with van der Waals surface area (Å²) in [6, 6.07) is 11.0. The lowest BCUT2D eigenvalue weighted by Gasteiger charge is -2.15. The van der Waals surface area contributed by atoms with Crippen LogP contribution in [-0.2, 0) is 7.05 Å². The third-order valence-electron chi connectivity index (χ3n) is 4.67. The van der Waals surface area contributed by atoms with Gasteiger partial charge in [-0.1, -0.05) is 18.2 Å². The van der Waals surface area contributed by atoms with Crippen molar-refractivity contribution in [2.24, 2.45) is 7.05 Å². The Bertz CT molecular complexity index is 971. The van der Waals surface area contributed by atoms with E-state index < -0.39 is 6.10 Å². The molecule has 0 saturated heterocycles. The minimum Gasteiger partial charge on any atom is -0.493 e. The molecular formula is C21H24N2O5. The van der Waals surface area contributed by atoms with Crippen LogP contribution in [0.4, 0.5) is 0 Å². The average Bonchev–Trinajstić information content (AvgIpc) is 3.07. The Morgan fingerprint density at radius 2 is 1.75 bits per heavy atom. The van der Waals surface area contributed by atoms with Crippen molar-refractivity contribution in [3.63, 3.8) is 0 Å². The summed E-state index contributed by atoms with van der Waals surface area (Å²) in [5.41, 5.74) is 2.13. The van der Waals surface area contributed by atoms with Crippen LogP contribution in [0.3, 0.4) is 0 Å². The Balaban J connectivity index is 1.78. The van der Waals surface area contributed by atoms with Crippen LogP contribution in [0.1, 0.15) is 22.0 Å². The monoisotopic (exact) mass is 384 g/mol. The number of aliphatic hydroxyl groups is 1. The van der Waals surface area contributed by atoms with E-state index in [-0.39, 0.29) is 12.5 Å². The molecule has 1 amide bonds. The molecular weight excluding hydrogens is 360 g/mol. The summed E-state index contributed by atoms with van der Waals surface area (Å²) in [5, 5.41) is 14.3. The normalized spacial score (nSPS) is 11.9. The molecule has 148 valence electrons. The molecule has 1 atom stereocenters. The fraction of sp³-hybridized carbons (Fsp3) is 0.286. The van der Waals surface area contributed by atoms with Gasteiger partial charge in [0.1, 0.15) is 0 Å². The van der Waals surface area contributed by atoms with Gasteiger partial charge in [0, 0.05) is 41.8 Å². The molecule has 0 spiro atoms.